The minimum absolute atomic E-state index is 0.189. The smallest absolute Gasteiger partial charge is 0.230 e. The van der Waals surface area contributed by atoms with Crippen LogP contribution in [0.1, 0.15) is 26.5 Å². The molecule has 0 fully saturated rings. The molecule has 1 atom stereocenters. The Labute approximate surface area is 145 Å². The maximum atomic E-state index is 13.1. The van der Waals surface area contributed by atoms with Crippen molar-refractivity contribution < 1.29 is 14.3 Å². The summed E-state index contributed by atoms with van der Waals surface area (Å²) >= 11 is 1.35. The van der Waals surface area contributed by atoms with Gasteiger partial charge in [-0.25, -0.2) is 9.37 Å². The molecule has 130 valence electrons. The molecule has 2 rings (SSSR count). The normalized spacial score (nSPS) is 12.4. The summed E-state index contributed by atoms with van der Waals surface area (Å²) in [5.74, 6) is -0.351. The van der Waals surface area contributed by atoms with Crippen molar-refractivity contribution in [2.24, 2.45) is 5.92 Å². The predicted octanol–water partition coefficient (Wildman–Crippen LogP) is 3.07. The topological polar surface area (TPSA) is 65.5 Å². The van der Waals surface area contributed by atoms with Gasteiger partial charge in [-0.05, 0) is 30.2 Å². The number of hydrogen-bond acceptors (Lipinski definition) is 5. The third kappa shape index (κ3) is 4.83. The minimum atomic E-state index is -0.406. The fourth-order valence-electron chi connectivity index (χ4n) is 2.08. The van der Waals surface area contributed by atoms with E-state index in [2.05, 4.69) is 10.3 Å². The van der Waals surface area contributed by atoms with Crippen molar-refractivity contribution in [2.45, 2.75) is 33.4 Å². The third-order valence-electron chi connectivity index (χ3n) is 3.56. The number of halogens is 1. The molecule has 2 aromatic rings. The van der Waals surface area contributed by atoms with Crippen LogP contribution in [0.2, 0.25) is 0 Å². The molecule has 0 aliphatic rings. The summed E-state index contributed by atoms with van der Waals surface area (Å²) < 4.78 is 13.1. The van der Waals surface area contributed by atoms with Gasteiger partial charge in [0, 0.05) is 25.4 Å². The number of benzene rings is 1. The highest BCUT2D eigenvalue weighted by Gasteiger charge is 2.18. The molecule has 24 heavy (non-hydrogen) atoms. The molecule has 0 bridgehead atoms. The number of hydrogen-bond donors (Lipinski definition) is 2. The first kappa shape index (κ1) is 18.5. The highest BCUT2D eigenvalue weighted by atomic mass is 32.1. The first-order valence-electron chi connectivity index (χ1n) is 7.78. The largest absolute Gasteiger partial charge is 0.392 e. The van der Waals surface area contributed by atoms with Gasteiger partial charge < -0.3 is 10.4 Å². The summed E-state index contributed by atoms with van der Waals surface area (Å²) in [7, 11) is 0. The Morgan fingerprint density at radius 1 is 1.38 bits per heavy atom. The van der Waals surface area contributed by atoms with E-state index in [1.54, 1.807) is 12.1 Å². The number of nitrogens with zero attached hydrogens (tertiary/aromatic N) is 2. The fraction of sp³-hybridized carbons (Fsp3) is 0.412. The number of amides is 1. The Kier molecular flexibility index (Phi) is 6.42. The zero-order valence-corrected chi connectivity index (χ0v) is 14.8. The molecule has 0 radical (unpaired) electrons. The maximum absolute atomic E-state index is 13.1. The molecule has 0 saturated heterocycles. The molecular formula is C17H22FN3O2S. The van der Waals surface area contributed by atoms with Crippen LogP contribution in [0.3, 0.4) is 0 Å². The van der Waals surface area contributed by atoms with E-state index < -0.39 is 6.10 Å². The van der Waals surface area contributed by atoms with Crippen LogP contribution >= 0.6 is 11.3 Å². The highest BCUT2D eigenvalue weighted by molar-refractivity contribution is 7.14. The molecule has 0 aliphatic carbocycles. The van der Waals surface area contributed by atoms with Crippen LogP contribution in [-0.2, 0) is 11.3 Å². The zero-order chi connectivity index (χ0) is 17.7. The molecule has 1 unspecified atom stereocenters. The van der Waals surface area contributed by atoms with Crippen LogP contribution in [0.4, 0.5) is 15.2 Å². The standard InChI is InChI=1S/C17H22FN3O2S/c1-11(2)16(23)9-19-8-14-10-24-17(20-14)21(12(3)22)15-6-4-13(18)5-7-15/h4-7,10-11,16,19,23H,8-9H2,1-3H3. The second-order valence-corrected chi connectivity index (χ2v) is 6.73. The van der Waals surface area contributed by atoms with Crippen LogP contribution in [-0.4, -0.2) is 28.6 Å². The Bertz CT molecular complexity index is 673. The number of thiazole rings is 1. The van der Waals surface area contributed by atoms with Crippen molar-refractivity contribution >= 4 is 28.1 Å². The second kappa shape index (κ2) is 8.32. The molecule has 0 aliphatic heterocycles. The van der Waals surface area contributed by atoms with E-state index >= 15 is 0 Å². The van der Waals surface area contributed by atoms with Crippen molar-refractivity contribution in [1.82, 2.24) is 10.3 Å². The lowest BCUT2D eigenvalue weighted by atomic mass is 10.1. The summed E-state index contributed by atoms with van der Waals surface area (Å²) in [5.41, 5.74) is 1.37. The van der Waals surface area contributed by atoms with Gasteiger partial charge in [0.1, 0.15) is 5.82 Å². The average molecular weight is 351 g/mol. The van der Waals surface area contributed by atoms with Crippen LogP contribution in [0, 0.1) is 11.7 Å². The van der Waals surface area contributed by atoms with Crippen molar-refractivity contribution in [3.63, 3.8) is 0 Å². The lowest BCUT2D eigenvalue weighted by molar-refractivity contribution is -0.115. The monoisotopic (exact) mass is 351 g/mol. The first-order valence-corrected chi connectivity index (χ1v) is 8.66. The summed E-state index contributed by atoms with van der Waals surface area (Å²) in [5, 5.41) is 15.3. The Balaban J connectivity index is 2.06. The van der Waals surface area contributed by atoms with E-state index in [-0.39, 0.29) is 17.6 Å². The van der Waals surface area contributed by atoms with Gasteiger partial charge in [0.25, 0.3) is 0 Å². The van der Waals surface area contributed by atoms with Gasteiger partial charge in [-0.3, -0.25) is 9.69 Å². The van der Waals surface area contributed by atoms with E-state index in [1.807, 2.05) is 19.2 Å². The van der Waals surface area contributed by atoms with Crippen molar-refractivity contribution in [2.75, 3.05) is 11.4 Å². The lowest BCUT2D eigenvalue weighted by Gasteiger charge is -2.18. The number of carbonyl (C=O) groups excluding carboxylic acids is 1. The Morgan fingerprint density at radius 2 is 2.04 bits per heavy atom. The van der Waals surface area contributed by atoms with E-state index in [0.717, 1.165) is 5.69 Å². The Hall–Kier alpha value is -1.83. The molecule has 0 saturated carbocycles. The van der Waals surface area contributed by atoms with Crippen LogP contribution in [0.25, 0.3) is 0 Å². The van der Waals surface area contributed by atoms with Crippen molar-refractivity contribution in [3.05, 3.63) is 41.2 Å². The molecule has 1 heterocycles. The van der Waals surface area contributed by atoms with Gasteiger partial charge >= 0.3 is 0 Å². The van der Waals surface area contributed by atoms with Crippen molar-refractivity contribution in [1.29, 1.82) is 0 Å². The molecule has 5 nitrogen and oxygen atoms in total. The third-order valence-corrected chi connectivity index (χ3v) is 4.43. The molecule has 1 aromatic heterocycles. The van der Waals surface area contributed by atoms with Crippen molar-refractivity contribution in [3.8, 4) is 0 Å². The summed E-state index contributed by atoms with van der Waals surface area (Å²) in [6, 6.07) is 5.73. The van der Waals surface area contributed by atoms with Crippen LogP contribution in [0.15, 0.2) is 29.6 Å². The predicted molar refractivity (Wildman–Crippen MR) is 93.9 cm³/mol. The van der Waals surface area contributed by atoms with Gasteiger partial charge in [-0.1, -0.05) is 13.8 Å². The molecule has 0 spiro atoms. The van der Waals surface area contributed by atoms with Gasteiger partial charge in [-0.15, -0.1) is 11.3 Å². The van der Waals surface area contributed by atoms with Gasteiger partial charge in [0.15, 0.2) is 5.13 Å². The quantitative estimate of drug-likeness (QED) is 0.805. The SMILES string of the molecule is CC(=O)N(c1ccc(F)cc1)c1nc(CNCC(O)C(C)C)cs1. The molecule has 1 amide bonds. The molecular weight excluding hydrogens is 329 g/mol. The van der Waals surface area contributed by atoms with Crippen LogP contribution in [0.5, 0.6) is 0 Å². The fourth-order valence-corrected chi connectivity index (χ4v) is 2.97. The highest BCUT2D eigenvalue weighted by Crippen LogP contribution is 2.29. The van der Waals surface area contributed by atoms with E-state index in [0.29, 0.717) is 23.9 Å². The number of aliphatic hydroxyl groups is 1. The minimum Gasteiger partial charge on any atom is -0.392 e. The lowest BCUT2D eigenvalue weighted by Crippen LogP contribution is -2.30. The summed E-state index contributed by atoms with van der Waals surface area (Å²) in [6.45, 7) is 6.36. The number of carbonyl (C=O) groups is 1. The maximum Gasteiger partial charge on any atom is 0.230 e. The first-order chi connectivity index (χ1) is 11.4. The average Bonchev–Trinajstić information content (AvgIpc) is 2.97. The number of aromatic nitrogens is 1. The molecule has 2 N–H and O–H groups in total. The van der Waals surface area contributed by atoms with Gasteiger partial charge in [0.2, 0.25) is 5.91 Å². The van der Waals surface area contributed by atoms with Gasteiger partial charge in [0.05, 0.1) is 17.5 Å². The number of anilines is 2. The molecule has 7 heteroatoms. The number of aliphatic hydroxyl groups excluding tert-OH is 1. The van der Waals surface area contributed by atoms with E-state index in [1.165, 1.54) is 35.3 Å². The molecule has 1 aromatic carbocycles. The summed E-state index contributed by atoms with van der Waals surface area (Å²) in [6.07, 6.45) is -0.406. The number of nitrogens with one attached hydrogen (secondary N) is 1. The van der Waals surface area contributed by atoms with E-state index in [4.69, 9.17) is 0 Å². The number of rotatable bonds is 7. The van der Waals surface area contributed by atoms with Crippen LogP contribution < -0.4 is 10.2 Å². The second-order valence-electron chi connectivity index (χ2n) is 5.89. The summed E-state index contributed by atoms with van der Waals surface area (Å²) in [4.78, 5) is 17.9. The van der Waals surface area contributed by atoms with E-state index in [9.17, 15) is 14.3 Å². The van der Waals surface area contributed by atoms with Gasteiger partial charge in [-0.2, -0.15) is 0 Å². The zero-order valence-electron chi connectivity index (χ0n) is 14.0. The Morgan fingerprint density at radius 3 is 2.62 bits per heavy atom.